The first-order valence-electron chi connectivity index (χ1n) is 8.24. The van der Waals surface area contributed by atoms with Gasteiger partial charge in [-0.3, -0.25) is 4.90 Å². The van der Waals surface area contributed by atoms with Crippen LogP contribution >= 0.6 is 0 Å². The molecule has 3 atom stereocenters. The standard InChI is InChI=1S/C18H26N2O/c1-18-11-20(10-12-4-5-12)16(17(18)19-2)8-13-6-7-14(21-3)9-15(13)18/h6-7,9,12,16-17,19H,4-5,8,10-11H2,1-3H3/t16?,17-,18-/m1/s1. The summed E-state index contributed by atoms with van der Waals surface area (Å²) in [5, 5.41) is 3.63. The largest absolute Gasteiger partial charge is 0.497 e. The van der Waals surface area contributed by atoms with Gasteiger partial charge in [0.1, 0.15) is 5.75 Å². The molecule has 1 unspecified atom stereocenters. The average Bonchev–Trinajstić information content (AvgIpc) is 3.26. The molecule has 3 nitrogen and oxygen atoms in total. The number of ether oxygens (including phenoxy) is 1. The van der Waals surface area contributed by atoms with E-state index in [4.69, 9.17) is 4.74 Å². The number of nitrogens with zero attached hydrogens (tertiary/aromatic N) is 1. The second kappa shape index (κ2) is 4.72. The lowest BCUT2D eigenvalue weighted by molar-refractivity contribution is 0.226. The normalized spacial score (nSPS) is 34.8. The van der Waals surface area contributed by atoms with Crippen molar-refractivity contribution >= 4 is 0 Å². The first-order valence-corrected chi connectivity index (χ1v) is 8.24. The molecule has 3 aliphatic rings. The van der Waals surface area contributed by atoms with Gasteiger partial charge in [-0.05, 0) is 55.5 Å². The maximum Gasteiger partial charge on any atom is 0.119 e. The average molecular weight is 286 g/mol. The maximum atomic E-state index is 5.47. The number of methoxy groups -OCH3 is 1. The third-order valence-electron chi connectivity index (χ3n) is 5.93. The van der Waals surface area contributed by atoms with E-state index in [9.17, 15) is 0 Å². The first kappa shape index (κ1) is 13.6. The molecule has 1 saturated heterocycles. The Bertz CT molecular complexity index is 554. The summed E-state index contributed by atoms with van der Waals surface area (Å²) in [6, 6.07) is 7.88. The number of hydrogen-bond acceptors (Lipinski definition) is 3. The Morgan fingerprint density at radius 1 is 1.38 bits per heavy atom. The van der Waals surface area contributed by atoms with Gasteiger partial charge in [-0.1, -0.05) is 13.0 Å². The molecule has 0 aromatic heterocycles. The topological polar surface area (TPSA) is 24.5 Å². The van der Waals surface area contributed by atoms with Crippen LogP contribution in [0.1, 0.15) is 30.9 Å². The van der Waals surface area contributed by atoms with E-state index >= 15 is 0 Å². The molecule has 2 bridgehead atoms. The van der Waals surface area contributed by atoms with Gasteiger partial charge in [-0.15, -0.1) is 0 Å². The van der Waals surface area contributed by atoms with E-state index in [1.807, 2.05) is 0 Å². The third-order valence-corrected chi connectivity index (χ3v) is 5.93. The summed E-state index contributed by atoms with van der Waals surface area (Å²) in [6.45, 7) is 4.91. The van der Waals surface area contributed by atoms with E-state index in [0.717, 1.165) is 11.7 Å². The van der Waals surface area contributed by atoms with Crippen LogP contribution in [0.2, 0.25) is 0 Å². The Hall–Kier alpha value is -1.06. The lowest BCUT2D eigenvalue weighted by atomic mass is 9.69. The molecule has 1 N–H and O–H groups in total. The molecular weight excluding hydrogens is 260 g/mol. The van der Waals surface area contributed by atoms with E-state index in [1.54, 1.807) is 7.11 Å². The number of benzene rings is 1. The summed E-state index contributed by atoms with van der Waals surface area (Å²) < 4.78 is 5.47. The van der Waals surface area contributed by atoms with Crippen molar-refractivity contribution in [3.63, 3.8) is 0 Å². The van der Waals surface area contributed by atoms with Crippen LogP contribution in [0.3, 0.4) is 0 Å². The molecule has 2 fully saturated rings. The quantitative estimate of drug-likeness (QED) is 0.918. The number of nitrogens with one attached hydrogen (secondary N) is 1. The van der Waals surface area contributed by atoms with Crippen LogP contribution in [0.25, 0.3) is 0 Å². The number of rotatable bonds is 4. The Morgan fingerprint density at radius 2 is 2.19 bits per heavy atom. The molecule has 1 aromatic carbocycles. The van der Waals surface area contributed by atoms with Crippen molar-refractivity contribution < 1.29 is 4.74 Å². The van der Waals surface area contributed by atoms with Gasteiger partial charge in [-0.25, -0.2) is 0 Å². The predicted molar refractivity (Wildman–Crippen MR) is 85.0 cm³/mol. The van der Waals surface area contributed by atoms with Crippen LogP contribution in [0.4, 0.5) is 0 Å². The number of likely N-dealkylation sites (N-methyl/N-ethyl adjacent to an activating group) is 1. The van der Waals surface area contributed by atoms with E-state index in [1.165, 1.54) is 43.5 Å². The number of likely N-dealkylation sites (tertiary alicyclic amines) is 1. The molecule has 1 saturated carbocycles. The minimum atomic E-state index is 0.205. The van der Waals surface area contributed by atoms with Crippen molar-refractivity contribution in [1.82, 2.24) is 10.2 Å². The van der Waals surface area contributed by atoms with Gasteiger partial charge in [0.05, 0.1) is 7.11 Å². The van der Waals surface area contributed by atoms with Gasteiger partial charge in [0, 0.05) is 30.6 Å². The fourth-order valence-electron chi connectivity index (χ4n) is 4.73. The van der Waals surface area contributed by atoms with Crippen LogP contribution in [0.5, 0.6) is 5.75 Å². The highest BCUT2D eigenvalue weighted by Gasteiger charge is 2.54. The first-order chi connectivity index (χ1) is 10.2. The summed E-state index contributed by atoms with van der Waals surface area (Å²) in [5.74, 6) is 1.95. The number of hydrogen-bond donors (Lipinski definition) is 1. The zero-order valence-corrected chi connectivity index (χ0v) is 13.4. The minimum Gasteiger partial charge on any atom is -0.497 e. The molecule has 0 radical (unpaired) electrons. The lowest BCUT2D eigenvalue weighted by Gasteiger charge is -2.39. The fraction of sp³-hybridized carbons (Fsp3) is 0.667. The van der Waals surface area contributed by atoms with Gasteiger partial charge < -0.3 is 10.1 Å². The van der Waals surface area contributed by atoms with Gasteiger partial charge >= 0.3 is 0 Å². The highest BCUT2D eigenvalue weighted by atomic mass is 16.5. The van der Waals surface area contributed by atoms with Gasteiger partial charge in [0.25, 0.3) is 0 Å². The second-order valence-corrected chi connectivity index (χ2v) is 7.35. The van der Waals surface area contributed by atoms with E-state index in [0.29, 0.717) is 12.1 Å². The van der Waals surface area contributed by atoms with Crippen LogP contribution in [0.15, 0.2) is 18.2 Å². The van der Waals surface area contributed by atoms with Crippen LogP contribution < -0.4 is 10.1 Å². The SMILES string of the molecule is CN[C@@H]1C2Cc3ccc(OC)cc3[C@@]1(C)CN2CC1CC1. The predicted octanol–water partition coefficient (Wildman–Crippen LogP) is 2.19. The summed E-state index contributed by atoms with van der Waals surface area (Å²) in [5.41, 5.74) is 3.22. The molecule has 21 heavy (non-hydrogen) atoms. The second-order valence-electron chi connectivity index (χ2n) is 7.35. The van der Waals surface area contributed by atoms with Crippen molar-refractivity contribution in [3.8, 4) is 5.75 Å². The van der Waals surface area contributed by atoms with Gasteiger partial charge in [-0.2, -0.15) is 0 Å². The van der Waals surface area contributed by atoms with Crippen molar-refractivity contribution in [1.29, 1.82) is 0 Å². The fourth-order valence-corrected chi connectivity index (χ4v) is 4.73. The molecular formula is C18H26N2O. The van der Waals surface area contributed by atoms with Crippen molar-refractivity contribution in [3.05, 3.63) is 29.3 Å². The molecule has 1 aromatic rings. The summed E-state index contributed by atoms with van der Waals surface area (Å²) in [6.07, 6.45) is 4.04. The van der Waals surface area contributed by atoms with Gasteiger partial charge in [0.2, 0.25) is 0 Å². The van der Waals surface area contributed by atoms with Crippen molar-refractivity contribution in [2.75, 3.05) is 27.2 Å². The van der Waals surface area contributed by atoms with Gasteiger partial charge in [0.15, 0.2) is 0 Å². The summed E-state index contributed by atoms with van der Waals surface area (Å²) >= 11 is 0. The molecule has 1 heterocycles. The molecule has 1 aliphatic heterocycles. The lowest BCUT2D eigenvalue weighted by Crippen LogP contribution is -2.52. The van der Waals surface area contributed by atoms with Crippen LogP contribution in [-0.4, -0.2) is 44.2 Å². The van der Waals surface area contributed by atoms with Crippen LogP contribution in [-0.2, 0) is 11.8 Å². The molecule has 2 aliphatic carbocycles. The van der Waals surface area contributed by atoms with E-state index < -0.39 is 0 Å². The Balaban J connectivity index is 1.73. The Kier molecular flexibility index (Phi) is 3.05. The van der Waals surface area contributed by atoms with E-state index in [-0.39, 0.29) is 5.41 Å². The zero-order chi connectivity index (χ0) is 14.6. The monoisotopic (exact) mass is 286 g/mol. The molecule has 0 spiro atoms. The van der Waals surface area contributed by atoms with E-state index in [2.05, 4.69) is 42.4 Å². The highest BCUT2D eigenvalue weighted by molar-refractivity contribution is 5.47. The summed E-state index contributed by atoms with van der Waals surface area (Å²) in [4.78, 5) is 2.76. The Morgan fingerprint density at radius 3 is 2.86 bits per heavy atom. The maximum absolute atomic E-state index is 5.47. The smallest absolute Gasteiger partial charge is 0.119 e. The molecule has 0 amide bonds. The van der Waals surface area contributed by atoms with Crippen molar-refractivity contribution in [2.24, 2.45) is 5.92 Å². The minimum absolute atomic E-state index is 0.205. The van der Waals surface area contributed by atoms with Crippen molar-refractivity contribution in [2.45, 2.75) is 43.7 Å². The third kappa shape index (κ3) is 2.01. The molecule has 3 heteroatoms. The zero-order valence-electron chi connectivity index (χ0n) is 13.4. The molecule has 4 rings (SSSR count). The Labute approximate surface area is 127 Å². The molecule has 114 valence electrons. The summed E-state index contributed by atoms with van der Waals surface area (Å²) in [7, 11) is 3.89. The highest BCUT2D eigenvalue weighted by Crippen LogP contribution is 2.47. The van der Waals surface area contributed by atoms with Crippen LogP contribution in [0, 0.1) is 5.92 Å². The number of fused-ring (bicyclic) bond motifs is 4.